The zero-order valence-corrected chi connectivity index (χ0v) is 17.8. The van der Waals surface area contributed by atoms with Crippen molar-refractivity contribution in [1.29, 1.82) is 0 Å². The van der Waals surface area contributed by atoms with Gasteiger partial charge in [-0.15, -0.1) is 0 Å². The van der Waals surface area contributed by atoms with E-state index >= 15 is 0 Å². The molecule has 31 heavy (non-hydrogen) atoms. The second-order valence-electron chi connectivity index (χ2n) is 8.90. The van der Waals surface area contributed by atoms with Crippen molar-refractivity contribution >= 4 is 17.2 Å². The summed E-state index contributed by atoms with van der Waals surface area (Å²) in [5, 5.41) is 18.1. The number of aromatic nitrogens is 3. The number of hydrogen-bond donors (Lipinski definition) is 2. The Balaban J connectivity index is 1.40. The van der Waals surface area contributed by atoms with E-state index in [9.17, 15) is 9.90 Å². The standard InChI is InChI=1S/C23H27N5O3/c1-15-9-19(20(12-24-15)31-14-23(30)6-8-27(2)13-23)17-5-7-28-18(10-17)11-21(26-28)25-22(29)16-3-4-16/h5,7,9-12,16,30H,3-4,6,8,13-14H2,1-2H3,(H,25,26,29). The summed E-state index contributed by atoms with van der Waals surface area (Å²) in [6.45, 7) is 3.62. The van der Waals surface area contributed by atoms with E-state index in [1.807, 2.05) is 44.4 Å². The summed E-state index contributed by atoms with van der Waals surface area (Å²) in [5.41, 5.74) is 2.78. The van der Waals surface area contributed by atoms with Gasteiger partial charge < -0.3 is 20.1 Å². The second kappa shape index (κ2) is 7.62. The largest absolute Gasteiger partial charge is 0.488 e. The van der Waals surface area contributed by atoms with Crippen LogP contribution in [-0.2, 0) is 4.79 Å². The summed E-state index contributed by atoms with van der Waals surface area (Å²) >= 11 is 0. The minimum absolute atomic E-state index is 0.0413. The van der Waals surface area contributed by atoms with E-state index in [0.29, 0.717) is 24.5 Å². The van der Waals surface area contributed by atoms with Crippen molar-refractivity contribution in [3.63, 3.8) is 0 Å². The van der Waals surface area contributed by atoms with E-state index < -0.39 is 5.60 Å². The third kappa shape index (κ3) is 4.26. The van der Waals surface area contributed by atoms with E-state index in [0.717, 1.165) is 41.7 Å². The van der Waals surface area contributed by atoms with Crippen LogP contribution in [0, 0.1) is 12.8 Å². The highest BCUT2D eigenvalue weighted by molar-refractivity contribution is 5.93. The number of aliphatic hydroxyl groups is 1. The first-order chi connectivity index (χ1) is 14.9. The number of pyridine rings is 2. The number of rotatable bonds is 6. The lowest BCUT2D eigenvalue weighted by Crippen LogP contribution is -2.38. The molecule has 0 radical (unpaired) electrons. The van der Waals surface area contributed by atoms with Crippen LogP contribution < -0.4 is 10.1 Å². The molecule has 4 heterocycles. The maximum atomic E-state index is 12.0. The van der Waals surface area contributed by atoms with Crippen molar-refractivity contribution < 1.29 is 14.6 Å². The maximum absolute atomic E-state index is 12.0. The van der Waals surface area contributed by atoms with Crippen LogP contribution in [0.2, 0.25) is 0 Å². The van der Waals surface area contributed by atoms with Gasteiger partial charge in [0.2, 0.25) is 5.91 Å². The third-order valence-electron chi connectivity index (χ3n) is 6.00. The molecule has 1 amide bonds. The summed E-state index contributed by atoms with van der Waals surface area (Å²) in [4.78, 5) is 18.5. The average molecular weight is 422 g/mol. The first-order valence-corrected chi connectivity index (χ1v) is 10.7. The third-order valence-corrected chi connectivity index (χ3v) is 6.00. The number of nitrogens with zero attached hydrogens (tertiary/aromatic N) is 4. The monoisotopic (exact) mass is 421 g/mol. The number of fused-ring (bicyclic) bond motifs is 1. The molecule has 0 bridgehead atoms. The number of amides is 1. The molecule has 1 atom stereocenters. The normalized spacial score (nSPS) is 21.5. The minimum atomic E-state index is -0.846. The van der Waals surface area contributed by atoms with E-state index in [4.69, 9.17) is 4.74 Å². The van der Waals surface area contributed by atoms with Crippen LogP contribution in [0.25, 0.3) is 16.6 Å². The Kier molecular flexibility index (Phi) is 4.91. The summed E-state index contributed by atoms with van der Waals surface area (Å²) in [7, 11) is 2.00. The molecule has 2 N–H and O–H groups in total. The van der Waals surface area contributed by atoms with Crippen LogP contribution >= 0.6 is 0 Å². The number of likely N-dealkylation sites (N-methyl/N-ethyl adjacent to an activating group) is 1. The Morgan fingerprint density at radius 1 is 1.35 bits per heavy atom. The molecule has 8 nitrogen and oxygen atoms in total. The Labute approximate surface area is 180 Å². The van der Waals surface area contributed by atoms with Gasteiger partial charge in [0.05, 0.1) is 11.7 Å². The van der Waals surface area contributed by atoms with E-state index in [1.54, 1.807) is 10.7 Å². The van der Waals surface area contributed by atoms with Crippen molar-refractivity contribution in [3.8, 4) is 16.9 Å². The first kappa shape index (κ1) is 20.0. The van der Waals surface area contributed by atoms with Gasteiger partial charge in [0, 0.05) is 42.5 Å². The van der Waals surface area contributed by atoms with Gasteiger partial charge in [0.1, 0.15) is 18.0 Å². The number of likely N-dealkylation sites (tertiary alicyclic amines) is 1. The Bertz CT molecular complexity index is 1140. The number of nitrogens with one attached hydrogen (secondary N) is 1. The summed E-state index contributed by atoms with van der Waals surface area (Å²) in [5.74, 6) is 1.37. The van der Waals surface area contributed by atoms with Gasteiger partial charge in [0.15, 0.2) is 5.82 Å². The van der Waals surface area contributed by atoms with Crippen molar-refractivity contribution in [3.05, 3.63) is 42.4 Å². The van der Waals surface area contributed by atoms with E-state index in [-0.39, 0.29) is 18.4 Å². The van der Waals surface area contributed by atoms with E-state index in [2.05, 4.69) is 20.3 Å². The van der Waals surface area contributed by atoms with E-state index in [1.165, 1.54) is 0 Å². The highest BCUT2D eigenvalue weighted by Gasteiger charge is 2.35. The molecule has 3 aromatic rings. The predicted octanol–water partition coefficient (Wildman–Crippen LogP) is 2.50. The fourth-order valence-corrected chi connectivity index (χ4v) is 4.07. The highest BCUT2D eigenvalue weighted by atomic mass is 16.5. The first-order valence-electron chi connectivity index (χ1n) is 10.7. The summed E-state index contributed by atoms with van der Waals surface area (Å²) < 4.78 is 7.81. The molecule has 2 aliphatic rings. The Morgan fingerprint density at radius 3 is 2.94 bits per heavy atom. The smallest absolute Gasteiger partial charge is 0.228 e. The van der Waals surface area contributed by atoms with Gasteiger partial charge in [-0.1, -0.05) is 0 Å². The topological polar surface area (TPSA) is 92.0 Å². The van der Waals surface area contributed by atoms with Crippen LogP contribution in [0.1, 0.15) is 25.0 Å². The maximum Gasteiger partial charge on any atom is 0.228 e. The van der Waals surface area contributed by atoms with Gasteiger partial charge in [-0.3, -0.25) is 9.78 Å². The molecule has 1 saturated heterocycles. The molecule has 1 unspecified atom stereocenters. The lowest BCUT2D eigenvalue weighted by Gasteiger charge is -2.23. The molecular formula is C23H27N5O3. The molecule has 1 saturated carbocycles. The predicted molar refractivity (Wildman–Crippen MR) is 117 cm³/mol. The number of anilines is 1. The van der Waals surface area contributed by atoms with Crippen LogP contribution in [0.5, 0.6) is 5.75 Å². The number of aryl methyl sites for hydroxylation is 1. The van der Waals surface area contributed by atoms with Gasteiger partial charge in [0.25, 0.3) is 0 Å². The van der Waals surface area contributed by atoms with Crippen LogP contribution in [0.3, 0.4) is 0 Å². The SMILES string of the molecule is Cc1cc(-c2ccn3nc(NC(=O)C4CC4)cc3c2)c(OCC2(O)CCN(C)C2)cn1. The summed E-state index contributed by atoms with van der Waals surface area (Å²) in [6, 6.07) is 7.83. The van der Waals surface area contributed by atoms with Gasteiger partial charge in [-0.05, 0) is 57.0 Å². The lowest BCUT2D eigenvalue weighted by atomic mass is 10.0. The zero-order valence-electron chi connectivity index (χ0n) is 17.8. The van der Waals surface area contributed by atoms with Crippen molar-refractivity contribution in [2.75, 3.05) is 32.1 Å². The number of carbonyl (C=O) groups is 1. The van der Waals surface area contributed by atoms with Gasteiger partial charge in [-0.25, -0.2) is 4.52 Å². The minimum Gasteiger partial charge on any atom is -0.488 e. The van der Waals surface area contributed by atoms with Gasteiger partial charge in [-0.2, -0.15) is 5.10 Å². The molecule has 5 rings (SSSR count). The quantitative estimate of drug-likeness (QED) is 0.635. The second-order valence-corrected chi connectivity index (χ2v) is 8.90. The lowest BCUT2D eigenvalue weighted by molar-refractivity contribution is -0.117. The molecule has 3 aromatic heterocycles. The zero-order chi connectivity index (χ0) is 21.6. The van der Waals surface area contributed by atoms with Crippen molar-refractivity contribution in [2.45, 2.75) is 31.8 Å². The number of carbonyl (C=O) groups excluding carboxylic acids is 1. The molecule has 1 aliphatic heterocycles. The molecule has 2 fully saturated rings. The van der Waals surface area contributed by atoms with Crippen molar-refractivity contribution in [1.82, 2.24) is 19.5 Å². The fourth-order valence-electron chi connectivity index (χ4n) is 4.07. The fraction of sp³-hybridized carbons (Fsp3) is 0.435. The van der Waals surface area contributed by atoms with Gasteiger partial charge >= 0.3 is 0 Å². The van der Waals surface area contributed by atoms with Crippen molar-refractivity contribution in [2.24, 2.45) is 5.92 Å². The molecule has 8 heteroatoms. The highest BCUT2D eigenvalue weighted by Crippen LogP contribution is 2.33. The molecule has 0 aromatic carbocycles. The van der Waals surface area contributed by atoms with Crippen LogP contribution in [-0.4, -0.2) is 62.9 Å². The number of β-amino-alcohol motifs (C(OH)–C–C–N with tert-alkyl or cyclic N) is 1. The molecule has 0 spiro atoms. The molecule has 162 valence electrons. The summed E-state index contributed by atoms with van der Waals surface area (Å²) in [6.07, 6.45) is 6.19. The van der Waals surface area contributed by atoms with Crippen LogP contribution in [0.15, 0.2) is 36.7 Å². The number of ether oxygens (including phenoxy) is 1. The average Bonchev–Trinajstić information content (AvgIpc) is 3.43. The molecular weight excluding hydrogens is 394 g/mol. The Hall–Kier alpha value is -2.97. The Morgan fingerprint density at radius 2 is 2.19 bits per heavy atom. The molecule has 1 aliphatic carbocycles. The number of hydrogen-bond acceptors (Lipinski definition) is 6. The van der Waals surface area contributed by atoms with Crippen LogP contribution in [0.4, 0.5) is 5.82 Å².